The van der Waals surface area contributed by atoms with Gasteiger partial charge in [0.25, 0.3) is 0 Å². The van der Waals surface area contributed by atoms with Crippen molar-refractivity contribution < 1.29 is 5.11 Å². The highest BCUT2D eigenvalue weighted by Gasteiger charge is 2.19. The fraction of sp³-hybridized carbons (Fsp3) is 0.588. The van der Waals surface area contributed by atoms with E-state index in [2.05, 4.69) is 16.3 Å². The van der Waals surface area contributed by atoms with E-state index < -0.39 is 0 Å². The van der Waals surface area contributed by atoms with Crippen LogP contribution in [0, 0.1) is 17.2 Å². The zero-order valence-corrected chi connectivity index (χ0v) is 12.8. The number of rotatable bonds is 6. The molecule has 1 aromatic rings. The molecule has 0 unspecified atom stereocenters. The Kier molecular flexibility index (Phi) is 6.19. The molecular weight excluding hydrogens is 262 g/mol. The van der Waals surface area contributed by atoms with Crippen LogP contribution in [0.3, 0.4) is 0 Å². The van der Waals surface area contributed by atoms with Crippen molar-refractivity contribution in [3.63, 3.8) is 0 Å². The van der Waals surface area contributed by atoms with Crippen LogP contribution in [0.5, 0.6) is 0 Å². The van der Waals surface area contributed by atoms with Crippen LogP contribution in [0.1, 0.15) is 30.9 Å². The van der Waals surface area contributed by atoms with E-state index in [1.54, 1.807) is 0 Å². The third-order valence-electron chi connectivity index (χ3n) is 4.07. The Bertz CT molecular complexity index is 456. The monoisotopic (exact) mass is 287 g/mol. The van der Waals surface area contributed by atoms with E-state index >= 15 is 0 Å². The van der Waals surface area contributed by atoms with E-state index in [-0.39, 0.29) is 6.10 Å². The fourth-order valence-corrected chi connectivity index (χ4v) is 2.86. The molecule has 1 atom stereocenters. The number of β-amino-alcohol motifs (C(OH)–C–C–N with tert-alkyl or cyclic N) is 1. The molecule has 1 heterocycles. The van der Waals surface area contributed by atoms with Gasteiger partial charge in [0.2, 0.25) is 0 Å². The van der Waals surface area contributed by atoms with Crippen LogP contribution in [0.15, 0.2) is 24.3 Å². The number of aliphatic hydroxyl groups is 1. The van der Waals surface area contributed by atoms with Crippen molar-refractivity contribution in [2.24, 2.45) is 5.92 Å². The SMILES string of the molecule is C[C@H](O)CN1CCC(CNCc2ccc(C#N)cc2)CC1. The Labute approximate surface area is 127 Å². The molecule has 0 spiro atoms. The zero-order chi connectivity index (χ0) is 15.1. The van der Waals surface area contributed by atoms with Gasteiger partial charge in [-0.25, -0.2) is 0 Å². The van der Waals surface area contributed by atoms with Crippen LogP contribution < -0.4 is 5.32 Å². The second kappa shape index (κ2) is 8.14. The fourth-order valence-electron chi connectivity index (χ4n) is 2.86. The summed E-state index contributed by atoms with van der Waals surface area (Å²) in [5.74, 6) is 0.730. The van der Waals surface area contributed by atoms with Crippen molar-refractivity contribution >= 4 is 0 Å². The van der Waals surface area contributed by atoms with Crippen molar-refractivity contribution in [3.8, 4) is 6.07 Å². The molecule has 0 aromatic heterocycles. The van der Waals surface area contributed by atoms with Crippen LogP contribution in [0.4, 0.5) is 0 Å². The summed E-state index contributed by atoms with van der Waals surface area (Å²) in [6.45, 7) is 6.74. The lowest BCUT2D eigenvalue weighted by Crippen LogP contribution is -2.40. The predicted molar refractivity (Wildman–Crippen MR) is 83.7 cm³/mol. The van der Waals surface area contributed by atoms with Gasteiger partial charge < -0.3 is 15.3 Å². The minimum atomic E-state index is -0.226. The molecule has 4 heteroatoms. The summed E-state index contributed by atoms with van der Waals surface area (Å²) < 4.78 is 0. The number of nitrogens with zero attached hydrogens (tertiary/aromatic N) is 2. The molecule has 0 radical (unpaired) electrons. The molecule has 1 aliphatic rings. The molecule has 1 saturated heterocycles. The molecule has 0 saturated carbocycles. The van der Waals surface area contributed by atoms with E-state index in [9.17, 15) is 5.11 Å². The van der Waals surface area contributed by atoms with Crippen molar-refractivity contribution in [1.82, 2.24) is 10.2 Å². The predicted octanol–water partition coefficient (Wildman–Crippen LogP) is 1.74. The Morgan fingerprint density at radius 1 is 1.33 bits per heavy atom. The largest absolute Gasteiger partial charge is 0.392 e. The number of hydrogen-bond donors (Lipinski definition) is 2. The lowest BCUT2D eigenvalue weighted by molar-refractivity contribution is 0.0998. The third kappa shape index (κ3) is 5.47. The lowest BCUT2D eigenvalue weighted by Gasteiger charge is -2.32. The molecule has 4 nitrogen and oxygen atoms in total. The molecule has 0 aliphatic carbocycles. The van der Waals surface area contributed by atoms with Gasteiger partial charge in [-0.1, -0.05) is 12.1 Å². The first-order valence-corrected chi connectivity index (χ1v) is 7.77. The average Bonchev–Trinajstić information content (AvgIpc) is 2.49. The summed E-state index contributed by atoms with van der Waals surface area (Å²) in [5.41, 5.74) is 1.93. The van der Waals surface area contributed by atoms with Crippen molar-refractivity contribution in [2.75, 3.05) is 26.2 Å². The van der Waals surface area contributed by atoms with Crippen LogP contribution in [0.2, 0.25) is 0 Å². The van der Waals surface area contributed by atoms with Gasteiger partial charge in [-0.3, -0.25) is 0 Å². The summed E-state index contributed by atoms with van der Waals surface area (Å²) in [7, 11) is 0. The molecule has 21 heavy (non-hydrogen) atoms. The highest BCUT2D eigenvalue weighted by Crippen LogP contribution is 2.16. The number of nitrogens with one attached hydrogen (secondary N) is 1. The number of aliphatic hydroxyl groups excluding tert-OH is 1. The highest BCUT2D eigenvalue weighted by atomic mass is 16.3. The van der Waals surface area contributed by atoms with Gasteiger partial charge in [0.1, 0.15) is 0 Å². The van der Waals surface area contributed by atoms with E-state index in [0.717, 1.165) is 38.6 Å². The molecule has 1 fully saturated rings. The van der Waals surface area contributed by atoms with E-state index in [4.69, 9.17) is 5.26 Å². The smallest absolute Gasteiger partial charge is 0.0991 e. The number of nitriles is 1. The molecular formula is C17H25N3O. The second-order valence-corrected chi connectivity index (χ2v) is 6.03. The maximum absolute atomic E-state index is 9.40. The maximum atomic E-state index is 9.40. The molecule has 2 rings (SSSR count). The Balaban J connectivity index is 1.64. The number of hydrogen-bond acceptors (Lipinski definition) is 4. The molecule has 114 valence electrons. The van der Waals surface area contributed by atoms with Gasteiger partial charge in [0, 0.05) is 13.1 Å². The lowest BCUT2D eigenvalue weighted by atomic mass is 9.96. The van der Waals surface area contributed by atoms with Crippen molar-refractivity contribution in [2.45, 2.75) is 32.4 Å². The third-order valence-corrected chi connectivity index (χ3v) is 4.07. The highest BCUT2D eigenvalue weighted by molar-refractivity contribution is 5.31. The standard InChI is InChI=1S/C17H25N3O/c1-14(21)13-20-8-6-17(7-9-20)12-19-11-16-4-2-15(10-18)3-5-16/h2-5,14,17,19,21H,6-9,11-13H2,1H3/t14-/m0/s1. The van der Waals surface area contributed by atoms with Gasteiger partial charge in [0.05, 0.1) is 17.7 Å². The number of benzene rings is 1. The minimum absolute atomic E-state index is 0.226. The summed E-state index contributed by atoms with van der Waals surface area (Å²) in [4.78, 5) is 2.35. The number of likely N-dealkylation sites (tertiary alicyclic amines) is 1. The van der Waals surface area contributed by atoms with Gasteiger partial charge in [0.15, 0.2) is 0 Å². The summed E-state index contributed by atoms with van der Waals surface area (Å²) in [6, 6.07) is 9.89. The van der Waals surface area contributed by atoms with Crippen LogP contribution in [-0.4, -0.2) is 42.3 Å². The first-order chi connectivity index (χ1) is 10.2. The topological polar surface area (TPSA) is 59.3 Å². The van der Waals surface area contributed by atoms with Crippen LogP contribution in [-0.2, 0) is 6.54 Å². The Morgan fingerprint density at radius 2 is 2.00 bits per heavy atom. The van der Waals surface area contributed by atoms with Gasteiger partial charge in [-0.15, -0.1) is 0 Å². The normalized spacial score (nSPS) is 18.3. The molecule has 1 aliphatic heterocycles. The van der Waals surface area contributed by atoms with Gasteiger partial charge >= 0.3 is 0 Å². The summed E-state index contributed by atoms with van der Waals surface area (Å²) in [5, 5.41) is 21.7. The van der Waals surface area contributed by atoms with Gasteiger partial charge in [-0.2, -0.15) is 5.26 Å². The first-order valence-electron chi connectivity index (χ1n) is 7.77. The number of piperidine rings is 1. The van der Waals surface area contributed by atoms with Crippen LogP contribution >= 0.6 is 0 Å². The van der Waals surface area contributed by atoms with Crippen LogP contribution in [0.25, 0.3) is 0 Å². The summed E-state index contributed by atoms with van der Waals surface area (Å²) in [6.07, 6.45) is 2.18. The zero-order valence-electron chi connectivity index (χ0n) is 12.8. The molecule has 0 bridgehead atoms. The van der Waals surface area contributed by atoms with E-state index in [1.807, 2.05) is 31.2 Å². The minimum Gasteiger partial charge on any atom is -0.392 e. The van der Waals surface area contributed by atoms with E-state index in [0.29, 0.717) is 5.56 Å². The second-order valence-electron chi connectivity index (χ2n) is 6.03. The van der Waals surface area contributed by atoms with Crippen molar-refractivity contribution in [1.29, 1.82) is 5.26 Å². The van der Waals surface area contributed by atoms with Crippen molar-refractivity contribution in [3.05, 3.63) is 35.4 Å². The first kappa shape index (κ1) is 16.0. The van der Waals surface area contributed by atoms with E-state index in [1.165, 1.54) is 18.4 Å². The Hall–Kier alpha value is -1.41. The molecule has 1 aromatic carbocycles. The Morgan fingerprint density at radius 3 is 2.57 bits per heavy atom. The summed E-state index contributed by atoms with van der Waals surface area (Å²) >= 11 is 0. The quantitative estimate of drug-likeness (QED) is 0.837. The molecule has 2 N–H and O–H groups in total. The average molecular weight is 287 g/mol. The molecule has 0 amide bonds. The maximum Gasteiger partial charge on any atom is 0.0991 e. The van der Waals surface area contributed by atoms with Gasteiger partial charge in [-0.05, 0) is 63.0 Å².